The first kappa shape index (κ1) is 22.8. The maximum Gasteiger partial charge on any atom is 0.262 e. The number of hydrogen-bond acceptors (Lipinski definition) is 4. The quantitative estimate of drug-likeness (QED) is 0.216. The Kier molecular flexibility index (Phi) is 7.74. The number of aromatic nitrogens is 2. The summed E-state index contributed by atoms with van der Waals surface area (Å²) in [5, 5.41) is 13.1. The number of rotatable bonds is 8. The third kappa shape index (κ3) is 6.82. The largest absolute Gasteiger partial charge is 0.496 e. The lowest BCUT2D eigenvalue weighted by atomic mass is 10.1. The topological polar surface area (TPSA) is 94.9 Å². The monoisotopic (exact) mass is 445 g/mol. The fraction of sp³-hybridized carbons (Fsp3) is 0.389. The van der Waals surface area contributed by atoms with Gasteiger partial charge in [0.25, 0.3) is 11.5 Å². The molecule has 29 heavy (non-hydrogen) atoms. The standard InChI is InChI=1S/C18H22ClF2N5O2S/c1-18(20,21)10-24-16(22)23-6-3-7-26-13(9-15(27)25-17(26)29)12-8-11(19)4-5-14(12)28-2/h4-5,8-9H,3,6-7,10H2,1-2H3,(H3,22,23,24)(H,25,27,29). The molecule has 7 nitrogen and oxygen atoms in total. The van der Waals surface area contributed by atoms with Crippen molar-refractivity contribution in [1.29, 1.82) is 5.41 Å². The maximum atomic E-state index is 12.8. The molecule has 0 saturated heterocycles. The highest BCUT2D eigenvalue weighted by Gasteiger charge is 2.20. The van der Waals surface area contributed by atoms with Gasteiger partial charge in [0.1, 0.15) is 5.75 Å². The van der Waals surface area contributed by atoms with Crippen LogP contribution in [-0.2, 0) is 6.54 Å². The number of aromatic amines is 1. The molecule has 0 aliphatic rings. The van der Waals surface area contributed by atoms with Crippen LogP contribution in [0, 0.1) is 10.2 Å². The average Bonchev–Trinajstić information content (AvgIpc) is 2.63. The van der Waals surface area contributed by atoms with Gasteiger partial charge in [0.2, 0.25) is 0 Å². The second-order valence-corrected chi connectivity index (χ2v) is 7.22. The summed E-state index contributed by atoms with van der Waals surface area (Å²) in [5.41, 5.74) is 0.801. The van der Waals surface area contributed by atoms with Crippen molar-refractivity contribution in [2.45, 2.75) is 25.8 Å². The summed E-state index contributed by atoms with van der Waals surface area (Å²) in [5.74, 6) is -2.55. The van der Waals surface area contributed by atoms with Crippen LogP contribution in [0.15, 0.2) is 29.1 Å². The number of halogens is 3. The van der Waals surface area contributed by atoms with Gasteiger partial charge in [0, 0.05) is 36.7 Å². The SMILES string of the molecule is COc1ccc(Cl)cc1-c1cc(=O)[nH]c(=S)n1CCCNC(=N)NCC(C)(F)F. The predicted octanol–water partition coefficient (Wildman–Crippen LogP) is 3.39. The molecule has 1 aromatic carbocycles. The Balaban J connectivity index is 2.14. The van der Waals surface area contributed by atoms with E-state index < -0.39 is 12.5 Å². The molecule has 0 bridgehead atoms. The number of methoxy groups -OCH3 is 1. The molecule has 0 aliphatic carbocycles. The Labute approximate surface area is 176 Å². The zero-order valence-electron chi connectivity index (χ0n) is 15.9. The van der Waals surface area contributed by atoms with Crippen LogP contribution >= 0.6 is 23.8 Å². The number of hydrogen-bond donors (Lipinski definition) is 4. The van der Waals surface area contributed by atoms with E-state index in [9.17, 15) is 13.6 Å². The van der Waals surface area contributed by atoms with Crippen LogP contribution in [0.5, 0.6) is 5.75 Å². The van der Waals surface area contributed by atoms with Crippen molar-refractivity contribution in [2.24, 2.45) is 0 Å². The summed E-state index contributed by atoms with van der Waals surface area (Å²) in [6.45, 7) is 0.901. The summed E-state index contributed by atoms with van der Waals surface area (Å²) >= 11 is 11.4. The smallest absolute Gasteiger partial charge is 0.262 e. The first-order valence-corrected chi connectivity index (χ1v) is 9.51. The van der Waals surface area contributed by atoms with E-state index in [2.05, 4.69) is 15.6 Å². The van der Waals surface area contributed by atoms with Crippen LogP contribution in [-0.4, -0.2) is 41.6 Å². The van der Waals surface area contributed by atoms with Gasteiger partial charge in [-0.2, -0.15) is 0 Å². The van der Waals surface area contributed by atoms with Gasteiger partial charge >= 0.3 is 0 Å². The minimum atomic E-state index is -2.90. The van der Waals surface area contributed by atoms with Gasteiger partial charge in [-0.1, -0.05) is 11.6 Å². The lowest BCUT2D eigenvalue weighted by Gasteiger charge is -2.17. The highest BCUT2D eigenvalue weighted by Crippen LogP contribution is 2.32. The molecule has 1 aromatic heterocycles. The van der Waals surface area contributed by atoms with Crippen molar-refractivity contribution in [3.8, 4) is 17.0 Å². The highest BCUT2D eigenvalue weighted by atomic mass is 35.5. The van der Waals surface area contributed by atoms with E-state index in [1.54, 1.807) is 22.8 Å². The third-order valence-electron chi connectivity index (χ3n) is 3.91. The molecule has 4 N–H and O–H groups in total. The molecule has 0 amide bonds. The molecule has 11 heteroatoms. The van der Waals surface area contributed by atoms with Gasteiger partial charge in [-0.3, -0.25) is 15.2 Å². The molecule has 0 radical (unpaired) electrons. The van der Waals surface area contributed by atoms with Gasteiger partial charge in [-0.15, -0.1) is 0 Å². The van der Waals surface area contributed by atoms with E-state index in [4.69, 9.17) is 34.0 Å². The van der Waals surface area contributed by atoms with Crippen molar-refractivity contribution >= 4 is 29.8 Å². The molecular formula is C18H22ClF2N5O2S. The first-order chi connectivity index (χ1) is 13.6. The van der Waals surface area contributed by atoms with E-state index in [0.717, 1.165) is 6.92 Å². The Morgan fingerprint density at radius 1 is 1.38 bits per heavy atom. The lowest BCUT2D eigenvalue weighted by Crippen LogP contribution is -2.42. The Morgan fingerprint density at radius 3 is 2.76 bits per heavy atom. The summed E-state index contributed by atoms with van der Waals surface area (Å²) < 4.78 is 33.0. The minimum absolute atomic E-state index is 0.187. The van der Waals surface area contributed by atoms with Crippen LogP contribution in [0.3, 0.4) is 0 Å². The molecule has 2 rings (SSSR count). The molecule has 1 heterocycles. The highest BCUT2D eigenvalue weighted by molar-refractivity contribution is 7.71. The molecule has 0 fully saturated rings. The number of alkyl halides is 2. The summed E-state index contributed by atoms with van der Waals surface area (Å²) in [6, 6.07) is 6.47. The third-order valence-corrected chi connectivity index (χ3v) is 4.46. The summed E-state index contributed by atoms with van der Waals surface area (Å²) in [7, 11) is 1.52. The van der Waals surface area contributed by atoms with Crippen LogP contribution < -0.4 is 20.9 Å². The number of H-pyrrole nitrogens is 1. The predicted molar refractivity (Wildman–Crippen MR) is 112 cm³/mol. The van der Waals surface area contributed by atoms with Crippen molar-refractivity contribution < 1.29 is 13.5 Å². The van der Waals surface area contributed by atoms with Gasteiger partial charge < -0.3 is 19.9 Å². The van der Waals surface area contributed by atoms with Gasteiger partial charge in [0.05, 0.1) is 19.3 Å². The number of benzene rings is 1. The number of nitrogens with one attached hydrogen (secondary N) is 4. The van der Waals surface area contributed by atoms with E-state index in [0.29, 0.717) is 41.5 Å². The van der Waals surface area contributed by atoms with Crippen LogP contribution in [0.2, 0.25) is 5.02 Å². The summed E-state index contributed by atoms with van der Waals surface area (Å²) in [4.78, 5) is 14.6. The van der Waals surface area contributed by atoms with Crippen molar-refractivity contribution in [1.82, 2.24) is 20.2 Å². The lowest BCUT2D eigenvalue weighted by molar-refractivity contribution is 0.0271. The van der Waals surface area contributed by atoms with Crippen molar-refractivity contribution in [3.05, 3.63) is 44.4 Å². The zero-order chi connectivity index (χ0) is 21.6. The Hall–Kier alpha value is -2.46. The Morgan fingerprint density at radius 2 is 2.10 bits per heavy atom. The first-order valence-electron chi connectivity index (χ1n) is 8.73. The molecule has 0 spiro atoms. The fourth-order valence-corrected chi connectivity index (χ4v) is 3.06. The van der Waals surface area contributed by atoms with Crippen LogP contribution in [0.4, 0.5) is 8.78 Å². The molecule has 0 atom stereocenters. The second kappa shape index (κ2) is 9.84. The number of ether oxygens (including phenoxy) is 1. The number of guanidine groups is 1. The van der Waals surface area contributed by atoms with Gasteiger partial charge in [0.15, 0.2) is 10.7 Å². The van der Waals surface area contributed by atoms with Crippen LogP contribution in [0.25, 0.3) is 11.3 Å². The molecule has 0 saturated carbocycles. The fourth-order valence-electron chi connectivity index (χ4n) is 2.60. The summed E-state index contributed by atoms with van der Waals surface area (Å²) in [6.07, 6.45) is 0.517. The second-order valence-electron chi connectivity index (χ2n) is 6.40. The van der Waals surface area contributed by atoms with Crippen molar-refractivity contribution in [2.75, 3.05) is 20.2 Å². The van der Waals surface area contributed by atoms with E-state index >= 15 is 0 Å². The normalized spacial score (nSPS) is 11.2. The van der Waals surface area contributed by atoms with E-state index in [-0.39, 0.29) is 16.3 Å². The van der Waals surface area contributed by atoms with E-state index in [1.807, 2.05) is 0 Å². The number of nitrogens with zero attached hydrogens (tertiary/aromatic N) is 1. The average molecular weight is 446 g/mol. The zero-order valence-corrected chi connectivity index (χ0v) is 17.5. The van der Waals surface area contributed by atoms with Gasteiger partial charge in [-0.25, -0.2) is 8.78 Å². The molecule has 2 aromatic rings. The molecule has 0 aliphatic heterocycles. The Bertz CT molecular complexity index is 987. The van der Waals surface area contributed by atoms with Gasteiger partial charge in [-0.05, 0) is 36.8 Å². The molecule has 158 valence electrons. The molecular weight excluding hydrogens is 424 g/mol. The minimum Gasteiger partial charge on any atom is -0.496 e. The van der Waals surface area contributed by atoms with E-state index in [1.165, 1.54) is 13.2 Å². The van der Waals surface area contributed by atoms with Crippen LogP contribution in [0.1, 0.15) is 13.3 Å². The van der Waals surface area contributed by atoms with Crippen molar-refractivity contribution in [3.63, 3.8) is 0 Å². The molecule has 0 unspecified atom stereocenters. The maximum absolute atomic E-state index is 12.8.